The van der Waals surface area contributed by atoms with Gasteiger partial charge < -0.3 is 0 Å². The molecule has 4 N–H and O–H groups in total. The second-order valence-electron chi connectivity index (χ2n) is 0.236. The summed E-state index contributed by atoms with van der Waals surface area (Å²) in [6, 6.07) is 0. The zero-order valence-corrected chi connectivity index (χ0v) is 7.45. The van der Waals surface area contributed by atoms with E-state index in [1.807, 2.05) is 0 Å². The predicted octanol–water partition coefficient (Wildman–Crippen LogP) is 1.24. The van der Waals surface area contributed by atoms with Crippen molar-refractivity contribution in [1.82, 2.24) is 0 Å². The third-order valence-corrected chi connectivity index (χ3v) is 9.09. The molecule has 0 aromatic carbocycles. The largest absolute Gasteiger partial charge is 0.274 e. The number of nitrogens with two attached hydrogens (primary N) is 2. The van der Waals surface area contributed by atoms with Crippen LogP contribution in [0.3, 0.4) is 0 Å². The van der Waals surface area contributed by atoms with Crippen LogP contribution in [-0.2, 0) is 0 Å². The molecule has 0 aliphatic heterocycles. The summed E-state index contributed by atoms with van der Waals surface area (Å²) in [5.41, 5.74) is 0. The van der Waals surface area contributed by atoms with Crippen LogP contribution in [0.15, 0.2) is 0 Å². The fourth-order valence-corrected chi connectivity index (χ4v) is 2.62. The minimum absolute atomic E-state index is 0.0521. The summed E-state index contributed by atoms with van der Waals surface area (Å²) >= 11 is -0.104. The molecule has 0 unspecified atom stereocenters. The fraction of sp³-hybridized carbons (Fsp3) is 0. The van der Waals surface area contributed by atoms with E-state index < -0.39 is 0 Å². The van der Waals surface area contributed by atoms with E-state index in [9.17, 15) is 0 Å². The number of hydrogen-bond donors (Lipinski definition) is 2. The minimum atomic E-state index is -0.0521. The highest BCUT2D eigenvalue weighted by molar-refractivity contribution is 14.4. The van der Waals surface area contributed by atoms with E-state index in [0.29, 0.717) is 0 Å². The first-order valence-corrected chi connectivity index (χ1v) is 9.14. The molecule has 0 atom stereocenters. The maximum Gasteiger partial charge on any atom is 0.0158 e. The Morgan fingerprint density at radius 1 is 1.20 bits per heavy atom. The summed E-state index contributed by atoms with van der Waals surface area (Å²) in [5, 5.41) is 0. The molecule has 0 aromatic heterocycles. The van der Waals surface area contributed by atoms with Crippen molar-refractivity contribution in [2.75, 3.05) is 0 Å². The Hall–Kier alpha value is 1.73. The molecule has 5 heteroatoms. The van der Waals surface area contributed by atoms with Gasteiger partial charge >= 0.3 is 0 Å². The van der Waals surface area contributed by atoms with Crippen molar-refractivity contribution in [1.29, 1.82) is 0 Å². The molecule has 0 rings (SSSR count). The van der Waals surface area contributed by atoms with Crippen molar-refractivity contribution < 1.29 is 0 Å². The van der Waals surface area contributed by atoms with Gasteiger partial charge in [0.25, 0.3) is 0 Å². The third-order valence-electron chi connectivity index (χ3n) is 0.0673. The van der Waals surface area contributed by atoms with Crippen LogP contribution in [0.1, 0.15) is 0 Å². The lowest BCUT2D eigenvalue weighted by molar-refractivity contribution is 2.18. The van der Waals surface area contributed by atoms with Crippen molar-refractivity contribution >= 4 is 46.3 Å². The molecule has 0 amide bonds. The Morgan fingerprint density at radius 2 is 1.60 bits per heavy atom. The molecular weight excluding hydrogens is 314 g/mol. The van der Waals surface area contributed by atoms with Crippen molar-refractivity contribution in [3.05, 3.63) is 0 Å². The van der Waals surface area contributed by atoms with Crippen LogP contribution >= 0.6 is 46.3 Å². The molecule has 2 radical (unpaired) electrons. The second-order valence-corrected chi connectivity index (χ2v) is 11.5. The molecule has 5 heavy (non-hydrogen) atoms. The van der Waals surface area contributed by atoms with Crippen molar-refractivity contribution in [2.24, 2.45) is 7.89 Å². The fourth-order valence-electron chi connectivity index (χ4n) is 0.0194. The van der Waals surface area contributed by atoms with E-state index in [1.165, 1.54) is 0 Å². The molecule has 0 fully saturated rings. The van der Waals surface area contributed by atoms with E-state index >= 15 is 0 Å². The molecule has 0 aromatic rings. The summed E-state index contributed by atoms with van der Waals surface area (Å²) in [5.74, 6) is 0. The monoisotopic (exact) mass is 318 g/mol. The van der Waals surface area contributed by atoms with E-state index in [2.05, 4.69) is 0 Å². The highest BCUT2D eigenvalue weighted by Crippen LogP contribution is 2.36. The van der Waals surface area contributed by atoms with Gasteiger partial charge in [-0.3, -0.25) is 7.89 Å². The smallest absolute Gasteiger partial charge is 0.0158 e. The predicted molar refractivity (Wildman–Crippen MR) is 44.0 cm³/mol. The number of hydrogen-bond acceptors (Lipinski definition) is 3. The van der Waals surface area contributed by atoms with Crippen LogP contribution < -0.4 is 7.89 Å². The van der Waals surface area contributed by atoms with Crippen LogP contribution in [0.2, 0.25) is 0 Å². The molecule has 0 spiro atoms. The van der Waals surface area contributed by atoms with Crippen molar-refractivity contribution in [3.8, 4) is 0 Å². The quantitative estimate of drug-likeness (QED) is 0.595. The standard InChI is InChI=1S/H4I2N2S/c3-1-5-2-4/h3-4H2. The van der Waals surface area contributed by atoms with Crippen LogP contribution in [0, 0.1) is 0 Å². The Labute approximate surface area is 53.6 Å². The maximum atomic E-state index is 5.16. The normalized spacial score (nSPS) is 8.40. The molecule has 0 saturated heterocycles. The zero-order valence-electron chi connectivity index (χ0n) is 2.32. The Kier molecular flexibility index (Phi) is 7.71. The van der Waals surface area contributed by atoms with E-state index in [1.54, 1.807) is 6.10 Å². The summed E-state index contributed by atoms with van der Waals surface area (Å²) < 4.78 is 10.3. The zero-order chi connectivity index (χ0) is 4.12. The SMILES string of the molecule is N[I]S[I]N. The molecule has 0 bridgehead atoms. The Balaban J connectivity index is 2.19. The summed E-state index contributed by atoms with van der Waals surface area (Å²) in [4.78, 5) is 0. The average Bonchev–Trinajstić information content (AvgIpc) is 1.41. The van der Waals surface area contributed by atoms with Gasteiger partial charge in [-0.1, -0.05) is 0 Å². The van der Waals surface area contributed by atoms with Gasteiger partial charge in [-0.05, 0) is 6.10 Å². The highest BCUT2D eigenvalue weighted by atomic mass is 127. The van der Waals surface area contributed by atoms with E-state index in [4.69, 9.17) is 7.89 Å². The lowest BCUT2D eigenvalue weighted by Gasteiger charge is -1.78. The van der Waals surface area contributed by atoms with Crippen LogP contribution in [0.4, 0.5) is 0 Å². The van der Waals surface area contributed by atoms with Crippen LogP contribution in [0.25, 0.3) is 0 Å². The average molecular weight is 318 g/mol. The second kappa shape index (κ2) is 5.73. The summed E-state index contributed by atoms with van der Waals surface area (Å²) in [7, 11) is 0. The van der Waals surface area contributed by atoms with Crippen molar-refractivity contribution in [2.45, 2.75) is 0 Å². The third kappa shape index (κ3) is 5.73. The summed E-state index contributed by atoms with van der Waals surface area (Å²) in [6.45, 7) is 0. The molecule has 0 aliphatic rings. The van der Waals surface area contributed by atoms with Gasteiger partial charge in [0.05, 0.1) is 0 Å². The summed E-state index contributed by atoms with van der Waals surface area (Å²) in [6.07, 6.45) is 1.74. The molecular formula is H4I2N2S. The topological polar surface area (TPSA) is 52.0 Å². The first kappa shape index (κ1) is 6.73. The van der Waals surface area contributed by atoms with Crippen LogP contribution in [0.5, 0.6) is 0 Å². The molecule has 0 heterocycles. The van der Waals surface area contributed by atoms with Gasteiger partial charge in [0.1, 0.15) is 0 Å². The highest BCUT2D eigenvalue weighted by Gasteiger charge is 1.70. The van der Waals surface area contributed by atoms with E-state index in [-0.39, 0.29) is 40.2 Å². The first-order valence-electron chi connectivity index (χ1n) is 0.745. The van der Waals surface area contributed by atoms with Crippen LogP contribution in [-0.4, -0.2) is 0 Å². The van der Waals surface area contributed by atoms with Gasteiger partial charge in [-0.25, -0.2) is 0 Å². The van der Waals surface area contributed by atoms with E-state index in [0.717, 1.165) is 0 Å². The van der Waals surface area contributed by atoms with Gasteiger partial charge in [-0.15, -0.1) is 0 Å². The van der Waals surface area contributed by atoms with Gasteiger partial charge in [0.2, 0.25) is 0 Å². The molecule has 34 valence electrons. The molecule has 0 saturated carbocycles. The minimum Gasteiger partial charge on any atom is -0.274 e. The molecule has 2 nitrogen and oxygen atoms in total. The van der Waals surface area contributed by atoms with Gasteiger partial charge in [0.15, 0.2) is 0 Å². The maximum absolute atomic E-state index is 5.16. The number of halogens is 2. The Morgan fingerprint density at radius 3 is 1.60 bits per heavy atom. The first-order chi connectivity index (χ1) is 2.41. The van der Waals surface area contributed by atoms with Gasteiger partial charge in [0, 0.05) is 40.2 Å². The molecule has 0 aliphatic carbocycles. The lowest BCUT2D eigenvalue weighted by Crippen LogP contribution is -1.63. The van der Waals surface area contributed by atoms with Crippen molar-refractivity contribution in [3.63, 3.8) is 0 Å². The Bertz CT molecular complexity index is 15.1. The number of rotatable bonds is 2. The lowest BCUT2D eigenvalue weighted by atomic mass is 14.0. The van der Waals surface area contributed by atoms with Gasteiger partial charge in [-0.2, -0.15) is 0 Å².